The fourth-order valence-corrected chi connectivity index (χ4v) is 2.46. The van der Waals surface area contributed by atoms with Crippen molar-refractivity contribution in [2.45, 2.75) is 13.8 Å². The van der Waals surface area contributed by atoms with Crippen LogP contribution in [0.2, 0.25) is 0 Å². The highest BCUT2D eigenvalue weighted by atomic mass is 32.1. The second-order valence-electron chi connectivity index (χ2n) is 5.33. The van der Waals surface area contributed by atoms with Crippen LogP contribution in [0, 0.1) is 5.82 Å². The number of nitrogens with one attached hydrogen (secondary N) is 2. The van der Waals surface area contributed by atoms with Crippen LogP contribution in [0.15, 0.2) is 42.5 Å². The van der Waals surface area contributed by atoms with Crippen molar-refractivity contribution < 1.29 is 23.5 Å². The molecule has 0 amide bonds. The molecule has 0 spiro atoms. The van der Waals surface area contributed by atoms with Crippen LogP contribution >= 0.6 is 12.2 Å². The lowest BCUT2D eigenvalue weighted by Gasteiger charge is -2.13. The molecule has 0 saturated heterocycles. The van der Waals surface area contributed by atoms with Gasteiger partial charge in [0.1, 0.15) is 5.82 Å². The molecular weight excluding hydrogens is 371 g/mol. The van der Waals surface area contributed by atoms with Gasteiger partial charge in [0.2, 0.25) is 0 Å². The first-order chi connectivity index (χ1) is 12.9. The van der Waals surface area contributed by atoms with Gasteiger partial charge in [-0.15, -0.1) is 0 Å². The average molecular weight is 390 g/mol. The Morgan fingerprint density at radius 1 is 0.926 bits per heavy atom. The molecule has 0 aliphatic rings. The molecule has 0 heterocycles. The van der Waals surface area contributed by atoms with Crippen molar-refractivity contribution >= 4 is 40.6 Å². The Morgan fingerprint density at radius 2 is 1.48 bits per heavy atom. The van der Waals surface area contributed by atoms with Crippen LogP contribution < -0.4 is 10.6 Å². The van der Waals surface area contributed by atoms with E-state index in [0.29, 0.717) is 11.4 Å². The minimum absolute atomic E-state index is 0.163. The molecule has 142 valence electrons. The zero-order valence-corrected chi connectivity index (χ0v) is 15.7. The van der Waals surface area contributed by atoms with E-state index >= 15 is 0 Å². The lowest BCUT2D eigenvalue weighted by Crippen LogP contribution is -2.20. The van der Waals surface area contributed by atoms with Crippen LogP contribution in [0.1, 0.15) is 34.6 Å². The normalized spacial score (nSPS) is 10.0. The van der Waals surface area contributed by atoms with Gasteiger partial charge in [0.05, 0.1) is 24.3 Å². The summed E-state index contributed by atoms with van der Waals surface area (Å²) >= 11 is 5.20. The maximum atomic E-state index is 13.3. The van der Waals surface area contributed by atoms with Crippen LogP contribution in [0.3, 0.4) is 0 Å². The summed E-state index contributed by atoms with van der Waals surface area (Å²) in [5.41, 5.74) is 1.20. The summed E-state index contributed by atoms with van der Waals surface area (Å²) in [6.07, 6.45) is 0. The highest BCUT2D eigenvalue weighted by molar-refractivity contribution is 7.80. The Morgan fingerprint density at radius 3 is 2.00 bits per heavy atom. The largest absolute Gasteiger partial charge is 0.462 e. The third-order valence-corrected chi connectivity index (χ3v) is 3.50. The molecule has 0 radical (unpaired) electrons. The molecule has 0 aliphatic heterocycles. The molecule has 6 nitrogen and oxygen atoms in total. The van der Waals surface area contributed by atoms with Crippen molar-refractivity contribution in [1.82, 2.24) is 0 Å². The first kappa shape index (κ1) is 20.3. The first-order valence-corrected chi connectivity index (χ1v) is 8.66. The van der Waals surface area contributed by atoms with E-state index in [1.54, 1.807) is 26.0 Å². The molecule has 0 aromatic heterocycles. The van der Waals surface area contributed by atoms with E-state index in [1.807, 2.05) is 0 Å². The Balaban J connectivity index is 2.24. The maximum absolute atomic E-state index is 13.3. The predicted octanol–water partition coefficient (Wildman–Crippen LogP) is 3.99. The standard InChI is InChI=1S/C19H19FN2O4S/c1-3-25-17(23)12-8-13(18(24)26-4-2)10-16(9-12)22-19(27)21-15-7-5-6-14(20)11-15/h5-11H,3-4H2,1-2H3,(H2,21,22,27). The first-order valence-electron chi connectivity index (χ1n) is 8.25. The molecule has 0 saturated carbocycles. The number of esters is 2. The molecule has 0 bridgehead atoms. The van der Waals surface area contributed by atoms with Gasteiger partial charge >= 0.3 is 11.9 Å². The van der Waals surface area contributed by atoms with E-state index < -0.39 is 17.8 Å². The smallest absolute Gasteiger partial charge is 0.338 e. The van der Waals surface area contributed by atoms with Crippen molar-refractivity contribution in [3.8, 4) is 0 Å². The van der Waals surface area contributed by atoms with Gasteiger partial charge in [0, 0.05) is 11.4 Å². The maximum Gasteiger partial charge on any atom is 0.338 e. The van der Waals surface area contributed by atoms with Gasteiger partial charge in [0.15, 0.2) is 5.11 Å². The zero-order valence-electron chi connectivity index (χ0n) is 14.9. The van der Waals surface area contributed by atoms with Gasteiger partial charge in [-0.2, -0.15) is 0 Å². The Hall–Kier alpha value is -3.00. The molecule has 2 aromatic carbocycles. The number of rotatable bonds is 6. The fraction of sp³-hybridized carbons (Fsp3) is 0.211. The monoisotopic (exact) mass is 390 g/mol. The van der Waals surface area contributed by atoms with Crippen LogP contribution in [-0.2, 0) is 9.47 Å². The SMILES string of the molecule is CCOC(=O)c1cc(NC(=S)Nc2cccc(F)c2)cc(C(=O)OCC)c1. The molecule has 0 aliphatic carbocycles. The Bertz CT molecular complexity index is 821. The highest BCUT2D eigenvalue weighted by Crippen LogP contribution is 2.18. The Labute approximate surface area is 161 Å². The topological polar surface area (TPSA) is 76.7 Å². The van der Waals surface area contributed by atoms with E-state index in [2.05, 4.69) is 10.6 Å². The summed E-state index contributed by atoms with van der Waals surface area (Å²) in [6, 6.07) is 10.2. The van der Waals surface area contributed by atoms with Crippen LogP contribution in [0.5, 0.6) is 0 Å². The summed E-state index contributed by atoms with van der Waals surface area (Å²) in [5.74, 6) is -1.55. The van der Waals surface area contributed by atoms with E-state index in [1.165, 1.54) is 30.3 Å². The molecule has 27 heavy (non-hydrogen) atoms. The number of benzene rings is 2. The van der Waals surface area contributed by atoms with Crippen molar-refractivity contribution in [2.75, 3.05) is 23.8 Å². The van der Waals surface area contributed by atoms with Crippen molar-refractivity contribution in [1.29, 1.82) is 0 Å². The molecule has 2 aromatic rings. The van der Waals surface area contributed by atoms with Crippen molar-refractivity contribution in [3.05, 3.63) is 59.4 Å². The van der Waals surface area contributed by atoms with E-state index in [0.717, 1.165) is 0 Å². The molecule has 0 fully saturated rings. The summed E-state index contributed by atoms with van der Waals surface area (Å²) in [6.45, 7) is 3.77. The lowest BCUT2D eigenvalue weighted by atomic mass is 10.1. The predicted molar refractivity (Wildman–Crippen MR) is 105 cm³/mol. The van der Waals surface area contributed by atoms with Crippen LogP contribution in [0.25, 0.3) is 0 Å². The van der Waals surface area contributed by atoms with Crippen molar-refractivity contribution in [3.63, 3.8) is 0 Å². The number of carbonyl (C=O) groups excluding carboxylic acids is 2. The molecule has 2 N–H and O–H groups in total. The molecular formula is C19H19FN2O4S. The number of halogens is 1. The van der Waals surface area contributed by atoms with Gasteiger partial charge in [-0.1, -0.05) is 6.07 Å². The number of carbonyl (C=O) groups is 2. The minimum atomic E-state index is -0.573. The Kier molecular flexibility index (Phi) is 7.25. The molecule has 2 rings (SSSR count). The highest BCUT2D eigenvalue weighted by Gasteiger charge is 2.15. The molecule has 8 heteroatoms. The third-order valence-electron chi connectivity index (χ3n) is 3.30. The van der Waals surface area contributed by atoms with E-state index in [9.17, 15) is 14.0 Å². The number of thiocarbonyl (C=S) groups is 1. The third kappa shape index (κ3) is 6.03. The number of hydrogen-bond acceptors (Lipinski definition) is 5. The summed E-state index contributed by atoms with van der Waals surface area (Å²) in [7, 11) is 0. The van der Waals surface area contributed by atoms with Gasteiger partial charge in [-0.05, 0) is 62.5 Å². The van der Waals surface area contributed by atoms with Gasteiger partial charge in [0.25, 0.3) is 0 Å². The second-order valence-corrected chi connectivity index (χ2v) is 5.74. The van der Waals surface area contributed by atoms with Crippen molar-refractivity contribution in [2.24, 2.45) is 0 Å². The average Bonchev–Trinajstić information content (AvgIpc) is 2.61. The fourth-order valence-electron chi connectivity index (χ4n) is 2.22. The lowest BCUT2D eigenvalue weighted by molar-refractivity contribution is 0.0525. The van der Waals surface area contributed by atoms with Crippen LogP contribution in [0.4, 0.5) is 15.8 Å². The van der Waals surface area contributed by atoms with Gasteiger partial charge in [-0.3, -0.25) is 0 Å². The quantitative estimate of drug-likeness (QED) is 0.570. The number of hydrogen-bond donors (Lipinski definition) is 2. The van der Waals surface area contributed by atoms with Gasteiger partial charge in [-0.25, -0.2) is 14.0 Å². The second kappa shape index (κ2) is 9.63. The molecule has 0 unspecified atom stereocenters. The number of anilines is 2. The summed E-state index contributed by atoms with van der Waals surface area (Å²) in [4.78, 5) is 24.1. The summed E-state index contributed by atoms with van der Waals surface area (Å²) in [5, 5.41) is 5.86. The van der Waals surface area contributed by atoms with E-state index in [4.69, 9.17) is 21.7 Å². The van der Waals surface area contributed by atoms with E-state index in [-0.39, 0.29) is 29.5 Å². The summed E-state index contributed by atoms with van der Waals surface area (Å²) < 4.78 is 23.2. The van der Waals surface area contributed by atoms with Gasteiger partial charge < -0.3 is 20.1 Å². The van der Waals surface area contributed by atoms with Crippen LogP contribution in [-0.4, -0.2) is 30.3 Å². The molecule has 0 atom stereocenters. The minimum Gasteiger partial charge on any atom is -0.462 e. The zero-order chi connectivity index (χ0) is 19.8. The number of ether oxygens (including phenoxy) is 2.